The maximum absolute atomic E-state index is 3.87. The maximum atomic E-state index is 3.87. The monoisotopic (exact) mass is 142 g/mol. The van der Waals surface area contributed by atoms with Crippen LogP contribution in [0.4, 0.5) is 0 Å². The molecule has 0 aromatic heterocycles. The van der Waals surface area contributed by atoms with Crippen molar-refractivity contribution < 1.29 is 0 Å². The zero-order chi connectivity index (χ0) is 7.11. The molecule has 0 N–H and O–H groups in total. The summed E-state index contributed by atoms with van der Waals surface area (Å²) < 4.78 is 0. The number of allylic oxidation sites excluding steroid dienone is 2. The van der Waals surface area contributed by atoms with Crippen molar-refractivity contribution >= 4 is 11.8 Å². The Morgan fingerprint density at radius 3 is 2.78 bits per heavy atom. The first-order chi connectivity index (χ1) is 4.31. The molecule has 0 aliphatic carbocycles. The fourth-order valence-electron chi connectivity index (χ4n) is 0.517. The lowest BCUT2D eigenvalue weighted by Gasteiger charge is -1.94. The summed E-state index contributed by atoms with van der Waals surface area (Å²) in [6, 6.07) is 0. The average Bonchev–Trinajstić information content (AvgIpc) is 1.85. The third kappa shape index (κ3) is 5.71. The van der Waals surface area contributed by atoms with Crippen molar-refractivity contribution in [3.8, 4) is 0 Å². The van der Waals surface area contributed by atoms with Gasteiger partial charge in [0.25, 0.3) is 0 Å². The minimum Gasteiger partial charge on any atom is -0.158 e. The SMILES string of the molecule is C=C(/C=C\C)CSCC. The quantitative estimate of drug-likeness (QED) is 0.544. The Labute approximate surface area is 62.0 Å². The minimum absolute atomic E-state index is 1.07. The first-order valence-electron chi connectivity index (χ1n) is 3.19. The molecule has 0 nitrogen and oxygen atoms in total. The van der Waals surface area contributed by atoms with Crippen molar-refractivity contribution in [1.82, 2.24) is 0 Å². The molecule has 0 amide bonds. The summed E-state index contributed by atoms with van der Waals surface area (Å²) in [4.78, 5) is 0. The molecule has 0 atom stereocenters. The summed E-state index contributed by atoms with van der Waals surface area (Å²) in [6.07, 6.45) is 4.08. The van der Waals surface area contributed by atoms with Crippen LogP contribution >= 0.6 is 11.8 Å². The first-order valence-corrected chi connectivity index (χ1v) is 4.35. The molecule has 0 saturated carbocycles. The van der Waals surface area contributed by atoms with E-state index in [1.165, 1.54) is 11.3 Å². The average molecular weight is 142 g/mol. The summed E-state index contributed by atoms with van der Waals surface area (Å²) >= 11 is 1.91. The van der Waals surface area contributed by atoms with E-state index in [1.54, 1.807) is 0 Å². The molecule has 0 unspecified atom stereocenters. The van der Waals surface area contributed by atoms with E-state index in [0.29, 0.717) is 0 Å². The third-order valence-electron chi connectivity index (χ3n) is 0.894. The number of thioether (sulfide) groups is 1. The van der Waals surface area contributed by atoms with Crippen LogP contribution in [0.5, 0.6) is 0 Å². The molecule has 0 aromatic rings. The third-order valence-corrected chi connectivity index (χ3v) is 1.88. The van der Waals surface area contributed by atoms with E-state index in [4.69, 9.17) is 0 Å². The van der Waals surface area contributed by atoms with Crippen molar-refractivity contribution in [3.05, 3.63) is 24.3 Å². The van der Waals surface area contributed by atoms with Gasteiger partial charge in [-0.3, -0.25) is 0 Å². The topological polar surface area (TPSA) is 0 Å². The minimum atomic E-state index is 1.07. The van der Waals surface area contributed by atoms with Crippen molar-refractivity contribution in [2.24, 2.45) is 0 Å². The van der Waals surface area contributed by atoms with Crippen LogP contribution in [0, 0.1) is 0 Å². The van der Waals surface area contributed by atoms with Gasteiger partial charge >= 0.3 is 0 Å². The molecular weight excluding hydrogens is 128 g/mol. The first kappa shape index (κ1) is 8.83. The number of hydrogen-bond donors (Lipinski definition) is 0. The lowest BCUT2D eigenvalue weighted by molar-refractivity contribution is 1.49. The lowest BCUT2D eigenvalue weighted by atomic mass is 10.3. The lowest BCUT2D eigenvalue weighted by Crippen LogP contribution is -1.80. The van der Waals surface area contributed by atoms with Crippen LogP contribution in [-0.4, -0.2) is 11.5 Å². The van der Waals surface area contributed by atoms with Gasteiger partial charge in [-0.15, -0.1) is 0 Å². The summed E-state index contributed by atoms with van der Waals surface area (Å²) in [5.74, 6) is 2.25. The van der Waals surface area contributed by atoms with Gasteiger partial charge in [0.1, 0.15) is 0 Å². The van der Waals surface area contributed by atoms with E-state index in [2.05, 4.69) is 19.6 Å². The second-order valence-corrected chi connectivity index (χ2v) is 3.07. The van der Waals surface area contributed by atoms with Crippen LogP contribution in [0.15, 0.2) is 24.3 Å². The Bertz CT molecular complexity index is 103. The molecule has 0 spiro atoms. The molecule has 0 saturated heterocycles. The van der Waals surface area contributed by atoms with Crippen molar-refractivity contribution in [1.29, 1.82) is 0 Å². The highest BCUT2D eigenvalue weighted by Crippen LogP contribution is 2.05. The second-order valence-electron chi connectivity index (χ2n) is 1.80. The van der Waals surface area contributed by atoms with E-state index >= 15 is 0 Å². The molecule has 0 rings (SSSR count). The standard InChI is InChI=1S/C8H14S/c1-4-6-8(3)7-9-5-2/h4,6H,3,5,7H2,1-2H3/b6-4-. The van der Waals surface area contributed by atoms with Gasteiger partial charge in [-0.2, -0.15) is 11.8 Å². The molecule has 0 aromatic carbocycles. The zero-order valence-electron chi connectivity index (χ0n) is 6.18. The highest BCUT2D eigenvalue weighted by molar-refractivity contribution is 7.99. The summed E-state index contributed by atoms with van der Waals surface area (Å²) in [5, 5.41) is 0. The molecule has 0 aliphatic rings. The fraction of sp³-hybridized carbons (Fsp3) is 0.500. The molecule has 0 heterocycles. The van der Waals surface area contributed by atoms with E-state index in [0.717, 1.165) is 5.75 Å². The highest BCUT2D eigenvalue weighted by atomic mass is 32.2. The summed E-state index contributed by atoms with van der Waals surface area (Å²) in [6.45, 7) is 8.05. The van der Waals surface area contributed by atoms with Gasteiger partial charge in [0.05, 0.1) is 0 Å². The molecule has 0 radical (unpaired) electrons. The molecule has 0 fully saturated rings. The van der Waals surface area contributed by atoms with E-state index in [1.807, 2.05) is 24.8 Å². The smallest absolute Gasteiger partial charge is 0.0178 e. The fourth-order valence-corrected chi connectivity index (χ4v) is 1.08. The van der Waals surface area contributed by atoms with Crippen LogP contribution in [-0.2, 0) is 0 Å². The zero-order valence-corrected chi connectivity index (χ0v) is 7.00. The summed E-state index contributed by atoms with van der Waals surface area (Å²) in [5.41, 5.74) is 1.21. The van der Waals surface area contributed by atoms with Crippen LogP contribution in [0.3, 0.4) is 0 Å². The van der Waals surface area contributed by atoms with E-state index in [-0.39, 0.29) is 0 Å². The van der Waals surface area contributed by atoms with Gasteiger partial charge < -0.3 is 0 Å². The van der Waals surface area contributed by atoms with Gasteiger partial charge in [0.15, 0.2) is 0 Å². The number of hydrogen-bond acceptors (Lipinski definition) is 1. The number of rotatable bonds is 4. The van der Waals surface area contributed by atoms with Crippen molar-refractivity contribution in [2.75, 3.05) is 11.5 Å². The predicted molar refractivity (Wildman–Crippen MR) is 47.0 cm³/mol. The summed E-state index contributed by atoms with van der Waals surface area (Å²) in [7, 11) is 0. The van der Waals surface area contributed by atoms with Crippen molar-refractivity contribution in [3.63, 3.8) is 0 Å². The van der Waals surface area contributed by atoms with Gasteiger partial charge in [-0.05, 0) is 18.2 Å². The van der Waals surface area contributed by atoms with Crippen LogP contribution < -0.4 is 0 Å². The van der Waals surface area contributed by atoms with Gasteiger partial charge in [-0.1, -0.05) is 25.7 Å². The Morgan fingerprint density at radius 1 is 1.67 bits per heavy atom. The molecule has 0 aliphatic heterocycles. The second kappa shape index (κ2) is 5.96. The normalized spacial score (nSPS) is 10.4. The highest BCUT2D eigenvalue weighted by Gasteiger charge is 1.85. The van der Waals surface area contributed by atoms with Crippen molar-refractivity contribution in [2.45, 2.75) is 13.8 Å². The largest absolute Gasteiger partial charge is 0.158 e. The Kier molecular flexibility index (Phi) is 5.85. The molecular formula is C8H14S. The maximum Gasteiger partial charge on any atom is 0.0178 e. The van der Waals surface area contributed by atoms with Gasteiger partial charge in [0, 0.05) is 5.75 Å². The van der Waals surface area contributed by atoms with E-state index in [9.17, 15) is 0 Å². The van der Waals surface area contributed by atoms with Gasteiger partial charge in [-0.25, -0.2) is 0 Å². The Balaban J connectivity index is 3.27. The van der Waals surface area contributed by atoms with Crippen LogP contribution in [0.2, 0.25) is 0 Å². The Morgan fingerprint density at radius 2 is 2.33 bits per heavy atom. The molecule has 1 heteroatoms. The van der Waals surface area contributed by atoms with Gasteiger partial charge in [0.2, 0.25) is 0 Å². The van der Waals surface area contributed by atoms with Crippen LogP contribution in [0.25, 0.3) is 0 Å². The predicted octanol–water partition coefficient (Wildman–Crippen LogP) is 2.87. The van der Waals surface area contributed by atoms with Crippen LogP contribution in [0.1, 0.15) is 13.8 Å². The molecule has 52 valence electrons. The van der Waals surface area contributed by atoms with E-state index < -0.39 is 0 Å². The molecule has 9 heavy (non-hydrogen) atoms. The Hall–Kier alpha value is -0.170. The molecule has 0 bridgehead atoms.